The summed E-state index contributed by atoms with van der Waals surface area (Å²) in [5.41, 5.74) is 0.185. The van der Waals surface area contributed by atoms with E-state index in [4.69, 9.17) is 0 Å². The van der Waals surface area contributed by atoms with Crippen LogP contribution in [-0.4, -0.2) is 10.5 Å². The summed E-state index contributed by atoms with van der Waals surface area (Å²) in [5, 5.41) is 3.30. The van der Waals surface area contributed by atoms with Crippen LogP contribution in [0, 0.1) is 5.82 Å². The largest absolute Gasteiger partial charge is 0.365 e. The molecule has 1 aliphatic carbocycles. The topological polar surface area (TPSA) is 24.9 Å². The van der Waals surface area contributed by atoms with Gasteiger partial charge in [-0.05, 0) is 38.3 Å². The Kier molecular flexibility index (Phi) is 1.94. The Balaban J connectivity index is 2.05. The highest BCUT2D eigenvalue weighted by atomic mass is 19.1. The maximum Gasteiger partial charge on any atom is 0.141 e. The van der Waals surface area contributed by atoms with E-state index < -0.39 is 0 Å². The lowest BCUT2D eigenvalue weighted by Crippen LogP contribution is -2.41. The molecule has 70 valence electrons. The molecule has 0 atom stereocenters. The van der Waals surface area contributed by atoms with Gasteiger partial charge >= 0.3 is 0 Å². The number of hydrogen-bond acceptors (Lipinski definition) is 2. The van der Waals surface area contributed by atoms with E-state index in [1.807, 2.05) is 0 Å². The van der Waals surface area contributed by atoms with Crippen molar-refractivity contribution in [1.82, 2.24) is 4.98 Å². The molecule has 0 radical (unpaired) electrons. The molecular formula is C10H13FN2. The predicted molar refractivity (Wildman–Crippen MR) is 50.1 cm³/mol. The Morgan fingerprint density at radius 1 is 1.46 bits per heavy atom. The molecule has 2 nitrogen and oxygen atoms in total. The quantitative estimate of drug-likeness (QED) is 0.756. The molecule has 0 aliphatic heterocycles. The molecule has 0 bridgehead atoms. The zero-order chi connectivity index (χ0) is 9.31. The first-order valence-corrected chi connectivity index (χ1v) is 4.58. The Morgan fingerprint density at radius 3 is 2.69 bits per heavy atom. The summed E-state index contributed by atoms with van der Waals surface area (Å²) in [5.74, 6) is 0.480. The molecule has 0 unspecified atom stereocenters. The maximum absolute atomic E-state index is 12.5. The number of pyridine rings is 1. The van der Waals surface area contributed by atoms with Gasteiger partial charge in [-0.3, -0.25) is 0 Å². The molecule has 1 heterocycles. The monoisotopic (exact) mass is 180 g/mol. The van der Waals surface area contributed by atoms with Crippen molar-refractivity contribution in [2.75, 3.05) is 5.32 Å². The number of nitrogens with zero attached hydrogens (tertiary/aromatic N) is 1. The highest BCUT2D eigenvalue weighted by molar-refractivity contribution is 5.37. The first kappa shape index (κ1) is 8.48. The highest BCUT2D eigenvalue weighted by Gasteiger charge is 2.31. The van der Waals surface area contributed by atoms with Gasteiger partial charge in [0.15, 0.2) is 0 Å². The second kappa shape index (κ2) is 2.98. The van der Waals surface area contributed by atoms with E-state index in [0.717, 1.165) is 5.82 Å². The normalized spacial score (nSPS) is 19.2. The molecule has 1 aromatic rings. The number of hydrogen-bond donors (Lipinski definition) is 1. The van der Waals surface area contributed by atoms with Crippen LogP contribution < -0.4 is 5.32 Å². The summed E-state index contributed by atoms with van der Waals surface area (Å²) in [6, 6.07) is 3.11. The lowest BCUT2D eigenvalue weighted by molar-refractivity contribution is 0.305. The Labute approximate surface area is 77.2 Å². The Hall–Kier alpha value is -1.12. The fraction of sp³-hybridized carbons (Fsp3) is 0.500. The maximum atomic E-state index is 12.5. The van der Waals surface area contributed by atoms with E-state index in [2.05, 4.69) is 17.2 Å². The van der Waals surface area contributed by atoms with Crippen molar-refractivity contribution in [3.05, 3.63) is 24.1 Å². The zero-order valence-electron chi connectivity index (χ0n) is 7.68. The van der Waals surface area contributed by atoms with Crippen LogP contribution in [0.3, 0.4) is 0 Å². The van der Waals surface area contributed by atoms with Crippen molar-refractivity contribution < 1.29 is 4.39 Å². The summed E-state index contributed by atoms with van der Waals surface area (Å²) < 4.78 is 12.5. The van der Waals surface area contributed by atoms with Crippen LogP contribution in [-0.2, 0) is 0 Å². The van der Waals surface area contributed by atoms with Gasteiger partial charge in [-0.1, -0.05) is 0 Å². The molecule has 1 saturated carbocycles. The summed E-state index contributed by atoms with van der Waals surface area (Å²) in [6.07, 6.45) is 4.85. The molecule has 2 rings (SSSR count). The van der Waals surface area contributed by atoms with Gasteiger partial charge < -0.3 is 5.32 Å². The van der Waals surface area contributed by atoms with Crippen molar-refractivity contribution in [2.45, 2.75) is 31.7 Å². The first-order valence-electron chi connectivity index (χ1n) is 4.58. The molecule has 0 aromatic carbocycles. The molecule has 3 heteroatoms. The summed E-state index contributed by atoms with van der Waals surface area (Å²) >= 11 is 0. The first-order chi connectivity index (χ1) is 6.18. The van der Waals surface area contributed by atoms with E-state index in [1.165, 1.54) is 31.5 Å². The molecule has 0 amide bonds. The Morgan fingerprint density at radius 2 is 2.23 bits per heavy atom. The minimum Gasteiger partial charge on any atom is -0.365 e. The standard InChI is InChI=1S/C10H13FN2/c1-10(5-2-6-10)13-9-4-3-8(11)7-12-9/h3-4,7H,2,5-6H2,1H3,(H,12,13). The van der Waals surface area contributed by atoms with Crippen molar-refractivity contribution in [1.29, 1.82) is 0 Å². The van der Waals surface area contributed by atoms with Crippen molar-refractivity contribution >= 4 is 5.82 Å². The van der Waals surface area contributed by atoms with Gasteiger partial charge in [-0.15, -0.1) is 0 Å². The number of rotatable bonds is 2. The minimum atomic E-state index is -0.288. The third-order valence-corrected chi connectivity index (χ3v) is 2.61. The van der Waals surface area contributed by atoms with Crippen molar-refractivity contribution in [3.63, 3.8) is 0 Å². The average Bonchev–Trinajstić information content (AvgIpc) is 2.06. The van der Waals surface area contributed by atoms with Gasteiger partial charge in [-0.2, -0.15) is 0 Å². The lowest BCUT2D eigenvalue weighted by atomic mass is 9.78. The average molecular weight is 180 g/mol. The molecule has 1 fully saturated rings. The highest BCUT2D eigenvalue weighted by Crippen LogP contribution is 2.33. The van der Waals surface area contributed by atoms with Crippen LogP contribution in [0.25, 0.3) is 0 Å². The molecule has 1 aromatic heterocycles. The fourth-order valence-corrected chi connectivity index (χ4v) is 1.59. The SMILES string of the molecule is CC1(Nc2ccc(F)cn2)CCC1. The molecule has 0 spiro atoms. The van der Waals surface area contributed by atoms with Crippen LogP contribution >= 0.6 is 0 Å². The molecular weight excluding hydrogens is 167 g/mol. The second-order valence-electron chi connectivity index (χ2n) is 3.90. The third kappa shape index (κ3) is 1.79. The fourth-order valence-electron chi connectivity index (χ4n) is 1.59. The second-order valence-corrected chi connectivity index (χ2v) is 3.90. The third-order valence-electron chi connectivity index (χ3n) is 2.61. The Bertz CT molecular complexity index is 290. The summed E-state index contributed by atoms with van der Waals surface area (Å²) in [6.45, 7) is 2.17. The molecule has 0 saturated heterocycles. The predicted octanol–water partition coefficient (Wildman–Crippen LogP) is 2.58. The number of anilines is 1. The van der Waals surface area contributed by atoms with E-state index in [1.54, 1.807) is 6.07 Å². The van der Waals surface area contributed by atoms with E-state index in [-0.39, 0.29) is 11.4 Å². The lowest BCUT2D eigenvalue weighted by Gasteiger charge is -2.39. The van der Waals surface area contributed by atoms with Crippen LogP contribution in [0.5, 0.6) is 0 Å². The van der Waals surface area contributed by atoms with Crippen LogP contribution in [0.1, 0.15) is 26.2 Å². The van der Waals surface area contributed by atoms with Gasteiger partial charge in [0.05, 0.1) is 6.20 Å². The molecule has 1 N–H and O–H groups in total. The zero-order valence-corrected chi connectivity index (χ0v) is 7.68. The number of nitrogens with one attached hydrogen (secondary N) is 1. The van der Waals surface area contributed by atoms with Gasteiger partial charge in [-0.25, -0.2) is 9.37 Å². The molecule has 1 aliphatic rings. The van der Waals surface area contributed by atoms with E-state index in [0.29, 0.717) is 0 Å². The number of aromatic nitrogens is 1. The smallest absolute Gasteiger partial charge is 0.141 e. The molecule has 13 heavy (non-hydrogen) atoms. The summed E-state index contributed by atoms with van der Waals surface area (Å²) in [4.78, 5) is 3.96. The van der Waals surface area contributed by atoms with Crippen molar-refractivity contribution in [2.24, 2.45) is 0 Å². The van der Waals surface area contributed by atoms with Gasteiger partial charge in [0.25, 0.3) is 0 Å². The van der Waals surface area contributed by atoms with E-state index in [9.17, 15) is 4.39 Å². The van der Waals surface area contributed by atoms with Gasteiger partial charge in [0.1, 0.15) is 11.6 Å². The van der Waals surface area contributed by atoms with Crippen LogP contribution in [0.2, 0.25) is 0 Å². The van der Waals surface area contributed by atoms with Gasteiger partial charge in [0.2, 0.25) is 0 Å². The van der Waals surface area contributed by atoms with Gasteiger partial charge in [0, 0.05) is 5.54 Å². The van der Waals surface area contributed by atoms with Crippen molar-refractivity contribution in [3.8, 4) is 0 Å². The summed E-state index contributed by atoms with van der Waals surface area (Å²) in [7, 11) is 0. The number of halogens is 1. The minimum absolute atomic E-state index is 0.185. The van der Waals surface area contributed by atoms with E-state index >= 15 is 0 Å². The van der Waals surface area contributed by atoms with Crippen LogP contribution in [0.4, 0.5) is 10.2 Å². The van der Waals surface area contributed by atoms with Crippen LogP contribution in [0.15, 0.2) is 18.3 Å².